The summed E-state index contributed by atoms with van der Waals surface area (Å²) < 4.78 is 38.0. The molecule has 3 rings (SSSR count). The van der Waals surface area contributed by atoms with Crippen molar-refractivity contribution in [2.45, 2.75) is 6.18 Å². The van der Waals surface area contributed by atoms with Crippen molar-refractivity contribution in [3.63, 3.8) is 0 Å². The van der Waals surface area contributed by atoms with E-state index in [-0.39, 0.29) is 0 Å². The lowest BCUT2D eigenvalue weighted by Crippen LogP contribution is -2.04. The molecule has 1 aromatic heterocycles. The number of alkyl halides is 3. The lowest BCUT2D eigenvalue weighted by Gasteiger charge is -2.05. The second-order valence-electron chi connectivity index (χ2n) is 4.51. The zero-order chi connectivity index (χ0) is 15.0. The number of aromatic nitrogens is 2. The molecule has 104 valence electrons. The van der Waals surface area contributed by atoms with Gasteiger partial charge in [0.25, 0.3) is 0 Å². The van der Waals surface area contributed by atoms with Crippen LogP contribution in [0.15, 0.2) is 42.5 Å². The molecule has 3 aromatic rings. The van der Waals surface area contributed by atoms with Crippen LogP contribution in [0.1, 0.15) is 11.1 Å². The van der Waals surface area contributed by atoms with E-state index in [0.29, 0.717) is 28.0 Å². The van der Waals surface area contributed by atoms with Crippen LogP contribution in [0.3, 0.4) is 0 Å². The third-order valence-electron chi connectivity index (χ3n) is 3.07. The van der Waals surface area contributed by atoms with Crippen LogP contribution in [0.5, 0.6) is 0 Å². The lowest BCUT2D eigenvalue weighted by atomic mass is 10.1. The number of nitriles is 1. The molecule has 0 spiro atoms. The van der Waals surface area contributed by atoms with Crippen molar-refractivity contribution in [2.24, 2.45) is 0 Å². The van der Waals surface area contributed by atoms with Gasteiger partial charge in [0.05, 0.1) is 28.2 Å². The predicted molar refractivity (Wildman–Crippen MR) is 71.2 cm³/mol. The minimum atomic E-state index is -4.39. The average Bonchev–Trinajstić information content (AvgIpc) is 2.89. The molecule has 0 atom stereocenters. The Morgan fingerprint density at radius 2 is 1.90 bits per heavy atom. The molecule has 3 nitrogen and oxygen atoms in total. The Morgan fingerprint density at radius 1 is 1.10 bits per heavy atom. The smallest absolute Gasteiger partial charge is 0.338 e. The molecule has 0 saturated heterocycles. The second-order valence-corrected chi connectivity index (χ2v) is 4.51. The number of imidazole rings is 1. The summed E-state index contributed by atoms with van der Waals surface area (Å²) in [6, 6.07) is 12.1. The fourth-order valence-electron chi connectivity index (χ4n) is 2.06. The van der Waals surface area contributed by atoms with E-state index in [4.69, 9.17) is 5.26 Å². The quantitative estimate of drug-likeness (QED) is 0.732. The number of fused-ring (bicyclic) bond motifs is 1. The van der Waals surface area contributed by atoms with Gasteiger partial charge in [0, 0.05) is 5.56 Å². The Morgan fingerprint density at radius 3 is 2.62 bits per heavy atom. The molecule has 0 bridgehead atoms. The van der Waals surface area contributed by atoms with Gasteiger partial charge in [-0.25, -0.2) is 4.98 Å². The van der Waals surface area contributed by atoms with Crippen LogP contribution in [0, 0.1) is 11.3 Å². The van der Waals surface area contributed by atoms with Gasteiger partial charge in [0.15, 0.2) is 0 Å². The molecule has 21 heavy (non-hydrogen) atoms. The SMILES string of the molecule is N#Cc1cccc(-c2nc3ccc(C(F)(F)F)cc3[nH]2)c1. The first-order valence-electron chi connectivity index (χ1n) is 6.05. The Hall–Kier alpha value is -2.81. The molecule has 2 aromatic carbocycles. The molecule has 0 unspecified atom stereocenters. The number of rotatable bonds is 1. The maximum absolute atomic E-state index is 12.7. The molecule has 0 fully saturated rings. The third-order valence-corrected chi connectivity index (χ3v) is 3.07. The number of benzene rings is 2. The zero-order valence-corrected chi connectivity index (χ0v) is 10.6. The van der Waals surface area contributed by atoms with Crippen LogP contribution in [0.25, 0.3) is 22.4 Å². The van der Waals surface area contributed by atoms with Gasteiger partial charge in [-0.2, -0.15) is 18.4 Å². The highest BCUT2D eigenvalue weighted by atomic mass is 19.4. The Bertz CT molecular complexity index is 856. The summed E-state index contributed by atoms with van der Waals surface area (Å²) in [4.78, 5) is 7.10. The number of aromatic amines is 1. The monoisotopic (exact) mass is 287 g/mol. The van der Waals surface area contributed by atoms with Gasteiger partial charge >= 0.3 is 6.18 Å². The van der Waals surface area contributed by atoms with Gasteiger partial charge in [-0.3, -0.25) is 0 Å². The van der Waals surface area contributed by atoms with Crippen LogP contribution >= 0.6 is 0 Å². The Kier molecular flexibility index (Phi) is 2.91. The fraction of sp³-hybridized carbons (Fsp3) is 0.0667. The summed E-state index contributed by atoms with van der Waals surface area (Å²) in [6.45, 7) is 0. The number of hydrogen-bond donors (Lipinski definition) is 1. The van der Waals surface area contributed by atoms with Crippen molar-refractivity contribution in [2.75, 3.05) is 0 Å². The van der Waals surface area contributed by atoms with E-state index in [1.54, 1.807) is 24.3 Å². The van der Waals surface area contributed by atoms with Crippen molar-refractivity contribution in [1.82, 2.24) is 9.97 Å². The van der Waals surface area contributed by atoms with Crippen molar-refractivity contribution in [3.05, 3.63) is 53.6 Å². The van der Waals surface area contributed by atoms with E-state index in [1.165, 1.54) is 6.07 Å². The number of H-pyrrole nitrogens is 1. The summed E-state index contributed by atoms with van der Waals surface area (Å²) in [6.07, 6.45) is -4.39. The first-order valence-corrected chi connectivity index (χ1v) is 6.05. The van der Waals surface area contributed by atoms with E-state index in [2.05, 4.69) is 9.97 Å². The third kappa shape index (κ3) is 2.46. The summed E-state index contributed by atoms with van der Waals surface area (Å²) in [5.41, 5.74) is 1.14. The van der Waals surface area contributed by atoms with E-state index >= 15 is 0 Å². The molecule has 0 aliphatic heterocycles. The number of nitrogens with zero attached hydrogens (tertiary/aromatic N) is 2. The van der Waals surface area contributed by atoms with Crippen LogP contribution < -0.4 is 0 Å². The van der Waals surface area contributed by atoms with Gasteiger partial charge in [-0.15, -0.1) is 0 Å². The van der Waals surface area contributed by atoms with Crippen LogP contribution in [-0.2, 0) is 6.18 Å². The van der Waals surface area contributed by atoms with Crippen molar-refractivity contribution < 1.29 is 13.2 Å². The summed E-state index contributed by atoms with van der Waals surface area (Å²) in [5.74, 6) is 0.432. The van der Waals surface area contributed by atoms with Gasteiger partial charge in [-0.05, 0) is 30.3 Å². The van der Waals surface area contributed by atoms with Gasteiger partial charge < -0.3 is 4.98 Å². The maximum Gasteiger partial charge on any atom is 0.416 e. The lowest BCUT2D eigenvalue weighted by molar-refractivity contribution is -0.137. The Balaban J connectivity index is 2.11. The first-order chi connectivity index (χ1) is 9.97. The first kappa shape index (κ1) is 13.2. The van der Waals surface area contributed by atoms with E-state index < -0.39 is 11.7 Å². The molecule has 0 radical (unpaired) electrons. The predicted octanol–water partition coefficient (Wildman–Crippen LogP) is 4.12. The minimum Gasteiger partial charge on any atom is -0.338 e. The summed E-state index contributed by atoms with van der Waals surface area (Å²) in [7, 11) is 0. The highest BCUT2D eigenvalue weighted by Gasteiger charge is 2.30. The van der Waals surface area contributed by atoms with Gasteiger partial charge in [0.1, 0.15) is 5.82 Å². The highest BCUT2D eigenvalue weighted by molar-refractivity contribution is 5.80. The molecule has 0 aliphatic carbocycles. The van der Waals surface area contributed by atoms with Crippen LogP contribution in [-0.4, -0.2) is 9.97 Å². The number of halogens is 3. The Labute approximate surface area is 117 Å². The normalized spacial score (nSPS) is 11.5. The van der Waals surface area contributed by atoms with Crippen LogP contribution in [0.2, 0.25) is 0 Å². The van der Waals surface area contributed by atoms with Gasteiger partial charge in [0.2, 0.25) is 0 Å². The van der Waals surface area contributed by atoms with Crippen molar-refractivity contribution in [1.29, 1.82) is 5.26 Å². The molecule has 1 heterocycles. The molecular weight excluding hydrogens is 279 g/mol. The summed E-state index contributed by atoms with van der Waals surface area (Å²) in [5, 5.41) is 8.87. The molecule has 1 N–H and O–H groups in total. The van der Waals surface area contributed by atoms with E-state index in [0.717, 1.165) is 12.1 Å². The molecule has 0 amide bonds. The number of hydrogen-bond acceptors (Lipinski definition) is 2. The fourth-order valence-corrected chi connectivity index (χ4v) is 2.06. The van der Waals surface area contributed by atoms with Crippen molar-refractivity contribution in [3.8, 4) is 17.5 Å². The zero-order valence-electron chi connectivity index (χ0n) is 10.6. The maximum atomic E-state index is 12.7. The highest BCUT2D eigenvalue weighted by Crippen LogP contribution is 2.31. The molecule has 0 aliphatic rings. The summed E-state index contributed by atoms with van der Waals surface area (Å²) >= 11 is 0. The van der Waals surface area contributed by atoms with Crippen LogP contribution in [0.4, 0.5) is 13.2 Å². The van der Waals surface area contributed by atoms with E-state index in [1.807, 2.05) is 6.07 Å². The average molecular weight is 287 g/mol. The topological polar surface area (TPSA) is 52.5 Å². The second kappa shape index (κ2) is 4.63. The number of nitrogens with one attached hydrogen (secondary N) is 1. The standard InChI is InChI=1S/C15H8F3N3/c16-15(17,18)11-4-5-12-13(7-11)21-14(20-12)10-3-1-2-9(6-10)8-19/h1-7H,(H,20,21). The van der Waals surface area contributed by atoms with Gasteiger partial charge in [-0.1, -0.05) is 12.1 Å². The van der Waals surface area contributed by atoms with E-state index in [9.17, 15) is 13.2 Å². The molecule has 6 heteroatoms. The largest absolute Gasteiger partial charge is 0.416 e. The molecular formula is C15H8F3N3. The minimum absolute atomic E-state index is 0.308. The van der Waals surface area contributed by atoms with Crippen molar-refractivity contribution >= 4 is 11.0 Å². The molecule has 0 saturated carbocycles.